The summed E-state index contributed by atoms with van der Waals surface area (Å²) in [5.41, 5.74) is 2.04. The Kier molecular flexibility index (Phi) is 6.26. The normalized spacial score (nSPS) is 12.8. The number of anilines is 1. The summed E-state index contributed by atoms with van der Waals surface area (Å²) in [4.78, 5) is 26.3. The average Bonchev–Trinajstić information content (AvgIpc) is 3.58. The summed E-state index contributed by atoms with van der Waals surface area (Å²) in [6.45, 7) is 0.336. The number of hydrogen-bond donors (Lipinski definition) is 1. The van der Waals surface area contributed by atoms with Gasteiger partial charge in [-0.25, -0.2) is 0 Å². The Bertz CT molecular complexity index is 891. The molecule has 0 unspecified atom stereocenters. The highest BCUT2D eigenvalue weighted by Crippen LogP contribution is 2.40. The van der Waals surface area contributed by atoms with Crippen molar-refractivity contribution in [2.75, 3.05) is 33.7 Å². The van der Waals surface area contributed by atoms with Crippen LogP contribution in [0.25, 0.3) is 0 Å². The van der Waals surface area contributed by atoms with Gasteiger partial charge in [0.25, 0.3) is 5.91 Å². The first-order chi connectivity index (χ1) is 14.0. The van der Waals surface area contributed by atoms with Crippen molar-refractivity contribution in [3.63, 3.8) is 0 Å². The molecule has 0 heterocycles. The van der Waals surface area contributed by atoms with Crippen LogP contribution in [-0.4, -0.2) is 45.1 Å². The van der Waals surface area contributed by atoms with Crippen LogP contribution < -0.4 is 19.5 Å². The lowest BCUT2D eigenvalue weighted by Gasteiger charge is -2.21. The van der Waals surface area contributed by atoms with Crippen LogP contribution in [0.15, 0.2) is 36.4 Å². The molecule has 29 heavy (non-hydrogen) atoms. The molecule has 1 aliphatic rings. The molecule has 2 aromatic carbocycles. The summed E-state index contributed by atoms with van der Waals surface area (Å²) in [6, 6.07) is 10.6. The van der Waals surface area contributed by atoms with Gasteiger partial charge in [-0.1, -0.05) is 0 Å². The molecule has 7 heteroatoms. The van der Waals surface area contributed by atoms with E-state index in [1.807, 2.05) is 6.07 Å². The largest absolute Gasteiger partial charge is 0.493 e. The number of amides is 2. The quantitative estimate of drug-likeness (QED) is 0.738. The third kappa shape index (κ3) is 4.62. The highest BCUT2D eigenvalue weighted by molar-refractivity contribution is 5.96. The summed E-state index contributed by atoms with van der Waals surface area (Å²) in [7, 11) is 6.38. The molecular weight excluding hydrogens is 372 g/mol. The zero-order valence-electron chi connectivity index (χ0n) is 17.2. The summed E-state index contributed by atoms with van der Waals surface area (Å²) in [6.07, 6.45) is 1.90. The van der Waals surface area contributed by atoms with Crippen molar-refractivity contribution in [1.29, 1.82) is 0 Å². The Hall–Kier alpha value is -3.22. The van der Waals surface area contributed by atoms with Gasteiger partial charge in [-0.05, 0) is 49.2 Å². The van der Waals surface area contributed by atoms with E-state index in [9.17, 15) is 9.59 Å². The van der Waals surface area contributed by atoms with Gasteiger partial charge in [0, 0.05) is 36.3 Å². The number of methoxy groups -OCH3 is 3. The van der Waals surface area contributed by atoms with E-state index in [1.165, 1.54) is 0 Å². The van der Waals surface area contributed by atoms with E-state index in [4.69, 9.17) is 14.2 Å². The molecule has 1 fully saturated rings. The minimum Gasteiger partial charge on any atom is -0.493 e. The molecule has 0 radical (unpaired) electrons. The van der Waals surface area contributed by atoms with Crippen molar-refractivity contribution >= 4 is 17.5 Å². The van der Waals surface area contributed by atoms with E-state index in [-0.39, 0.29) is 17.7 Å². The Labute approximate surface area is 170 Å². The van der Waals surface area contributed by atoms with Crippen molar-refractivity contribution in [2.45, 2.75) is 19.4 Å². The van der Waals surface area contributed by atoms with Gasteiger partial charge >= 0.3 is 0 Å². The maximum absolute atomic E-state index is 12.8. The zero-order chi connectivity index (χ0) is 21.0. The van der Waals surface area contributed by atoms with Gasteiger partial charge < -0.3 is 24.4 Å². The minimum atomic E-state index is -0.137. The monoisotopic (exact) mass is 398 g/mol. The molecule has 0 aliphatic heterocycles. The predicted molar refractivity (Wildman–Crippen MR) is 110 cm³/mol. The number of hydrogen-bond acceptors (Lipinski definition) is 5. The Morgan fingerprint density at radius 1 is 0.966 bits per heavy atom. The third-order valence-corrected chi connectivity index (χ3v) is 4.89. The lowest BCUT2D eigenvalue weighted by atomic mass is 10.1. The highest BCUT2D eigenvalue weighted by Gasteiger charge is 2.29. The molecule has 1 aliphatic carbocycles. The lowest BCUT2D eigenvalue weighted by molar-refractivity contribution is -0.117. The smallest absolute Gasteiger partial charge is 0.253 e. The number of benzene rings is 2. The van der Waals surface area contributed by atoms with Gasteiger partial charge in [0.1, 0.15) is 0 Å². The molecule has 1 saturated carbocycles. The van der Waals surface area contributed by atoms with Crippen LogP contribution in [0.1, 0.15) is 28.8 Å². The van der Waals surface area contributed by atoms with Crippen molar-refractivity contribution in [3.8, 4) is 17.2 Å². The highest BCUT2D eigenvalue weighted by atomic mass is 16.5. The first kappa shape index (κ1) is 20.5. The van der Waals surface area contributed by atoms with E-state index in [1.54, 1.807) is 63.6 Å². The van der Waals surface area contributed by atoms with Crippen molar-refractivity contribution < 1.29 is 23.8 Å². The molecular formula is C22H26N2O5. The second-order valence-corrected chi connectivity index (χ2v) is 7.00. The first-order valence-electron chi connectivity index (χ1n) is 9.42. The Morgan fingerprint density at radius 3 is 2.17 bits per heavy atom. The van der Waals surface area contributed by atoms with Crippen LogP contribution in [-0.2, 0) is 11.3 Å². The fourth-order valence-corrected chi connectivity index (χ4v) is 3.12. The van der Waals surface area contributed by atoms with Crippen LogP contribution >= 0.6 is 0 Å². The maximum atomic E-state index is 12.8. The number of nitrogens with one attached hydrogen (secondary N) is 1. The molecule has 2 aromatic rings. The van der Waals surface area contributed by atoms with E-state index >= 15 is 0 Å². The number of carbonyl (C=O) groups is 2. The molecule has 2 amide bonds. The average molecular weight is 398 g/mol. The second kappa shape index (κ2) is 8.86. The topological polar surface area (TPSA) is 77.1 Å². The van der Waals surface area contributed by atoms with Crippen LogP contribution in [0.4, 0.5) is 5.69 Å². The maximum Gasteiger partial charge on any atom is 0.253 e. The van der Waals surface area contributed by atoms with Gasteiger partial charge in [-0.2, -0.15) is 0 Å². The van der Waals surface area contributed by atoms with Gasteiger partial charge in [0.2, 0.25) is 11.7 Å². The fraction of sp³-hybridized carbons (Fsp3) is 0.364. The molecule has 0 atom stereocenters. The van der Waals surface area contributed by atoms with Crippen molar-refractivity contribution in [2.24, 2.45) is 5.92 Å². The van der Waals surface area contributed by atoms with Crippen LogP contribution in [0.5, 0.6) is 17.2 Å². The predicted octanol–water partition coefficient (Wildman–Crippen LogP) is 3.33. The number of rotatable bonds is 8. The summed E-state index contributed by atoms with van der Waals surface area (Å²) in [5.74, 6) is 1.63. The van der Waals surface area contributed by atoms with E-state index < -0.39 is 0 Å². The Balaban J connectivity index is 1.71. The molecule has 0 spiro atoms. The lowest BCUT2D eigenvalue weighted by Crippen LogP contribution is -2.26. The van der Waals surface area contributed by atoms with Gasteiger partial charge in [-0.3, -0.25) is 9.59 Å². The van der Waals surface area contributed by atoms with Gasteiger partial charge in [0.15, 0.2) is 11.5 Å². The molecule has 0 saturated heterocycles. The molecule has 0 bridgehead atoms. The fourth-order valence-electron chi connectivity index (χ4n) is 3.12. The molecule has 1 N–H and O–H groups in total. The number of ether oxygens (including phenoxy) is 3. The molecule has 154 valence electrons. The van der Waals surface area contributed by atoms with Crippen LogP contribution in [0.2, 0.25) is 0 Å². The Morgan fingerprint density at radius 2 is 1.62 bits per heavy atom. The SMILES string of the molecule is COc1ccc(CN(C)C(=O)c2ccc(NC(=O)C3CC3)cc2)c(OC)c1OC. The van der Waals surface area contributed by atoms with Gasteiger partial charge in [0.05, 0.1) is 21.3 Å². The standard InChI is InChI=1S/C22H26N2O5/c1-24(13-16-9-12-18(27-2)20(29-4)19(16)28-3)22(26)15-7-10-17(11-8-15)23-21(25)14-5-6-14/h7-12,14H,5-6,13H2,1-4H3,(H,23,25). The third-order valence-electron chi connectivity index (χ3n) is 4.89. The van der Waals surface area contributed by atoms with Crippen molar-refractivity contribution in [1.82, 2.24) is 4.90 Å². The zero-order valence-corrected chi connectivity index (χ0v) is 17.2. The van der Waals surface area contributed by atoms with Gasteiger partial charge in [-0.15, -0.1) is 0 Å². The van der Waals surface area contributed by atoms with Crippen LogP contribution in [0.3, 0.4) is 0 Å². The summed E-state index contributed by atoms with van der Waals surface area (Å²) >= 11 is 0. The molecule has 3 rings (SSSR count). The van der Waals surface area contributed by atoms with E-state index in [2.05, 4.69) is 5.32 Å². The van der Waals surface area contributed by atoms with Crippen molar-refractivity contribution in [3.05, 3.63) is 47.5 Å². The molecule has 7 nitrogen and oxygen atoms in total. The van der Waals surface area contributed by atoms with E-state index in [0.29, 0.717) is 35.0 Å². The second-order valence-electron chi connectivity index (χ2n) is 7.00. The number of nitrogens with zero attached hydrogens (tertiary/aromatic N) is 1. The minimum absolute atomic E-state index is 0.0433. The van der Waals surface area contributed by atoms with Crippen LogP contribution in [0, 0.1) is 5.92 Å². The summed E-state index contributed by atoms with van der Waals surface area (Å²) < 4.78 is 16.2. The summed E-state index contributed by atoms with van der Waals surface area (Å²) in [5, 5.41) is 2.87. The number of carbonyl (C=O) groups excluding carboxylic acids is 2. The van der Waals surface area contributed by atoms with E-state index in [0.717, 1.165) is 18.4 Å². The molecule has 0 aromatic heterocycles. The first-order valence-corrected chi connectivity index (χ1v) is 9.42.